The average Bonchev–Trinajstić information content (AvgIpc) is 2.72. The maximum atomic E-state index is 4.64. The van der Waals surface area contributed by atoms with Crippen LogP contribution in [0.1, 0.15) is 23.2 Å². The lowest BCUT2D eigenvalue weighted by Gasteiger charge is -1.98. The summed E-state index contributed by atoms with van der Waals surface area (Å²) in [7, 11) is 0. The number of halogens is 1. The third kappa shape index (κ3) is 2.93. The zero-order valence-electron chi connectivity index (χ0n) is 10.0. The van der Waals surface area contributed by atoms with Crippen LogP contribution in [-0.2, 0) is 12.8 Å². The third-order valence-electron chi connectivity index (χ3n) is 2.64. The lowest BCUT2D eigenvalue weighted by molar-refractivity contribution is 1.04. The van der Waals surface area contributed by atoms with E-state index < -0.39 is 0 Å². The fraction of sp³-hybridized carbons (Fsp3) is 0.385. The molecule has 0 unspecified atom stereocenters. The summed E-state index contributed by atoms with van der Waals surface area (Å²) in [6, 6.07) is 4.17. The van der Waals surface area contributed by atoms with Crippen LogP contribution >= 0.6 is 27.3 Å². The number of rotatable bonds is 4. The molecule has 0 saturated carbocycles. The first-order chi connectivity index (χ1) is 8.24. The minimum atomic E-state index is 0.965. The minimum absolute atomic E-state index is 0.965. The molecule has 2 aromatic heterocycles. The molecule has 0 radical (unpaired) electrons. The van der Waals surface area contributed by atoms with Crippen molar-refractivity contribution in [3.63, 3.8) is 0 Å². The molecule has 0 fully saturated rings. The predicted octanol–water partition coefficient (Wildman–Crippen LogP) is 4.01. The molecule has 4 heteroatoms. The molecule has 90 valence electrons. The highest BCUT2D eigenvalue weighted by Gasteiger charge is 2.09. The largest absolute Gasteiger partial charge is 0.261 e. The number of aromatic nitrogens is 2. The Bertz CT molecular complexity index is 508. The molecule has 0 aliphatic heterocycles. The lowest BCUT2D eigenvalue weighted by Crippen LogP contribution is -1.87. The highest BCUT2D eigenvalue weighted by molar-refractivity contribution is 9.09. The maximum Gasteiger partial charge on any atom is 0.123 e. The number of nitrogens with zero attached hydrogens (tertiary/aromatic N) is 2. The van der Waals surface area contributed by atoms with Gasteiger partial charge in [-0.25, -0.2) is 4.98 Å². The van der Waals surface area contributed by atoms with E-state index in [-0.39, 0.29) is 0 Å². The van der Waals surface area contributed by atoms with Gasteiger partial charge in [-0.05, 0) is 31.9 Å². The van der Waals surface area contributed by atoms with Gasteiger partial charge in [0.1, 0.15) is 5.01 Å². The van der Waals surface area contributed by atoms with Gasteiger partial charge in [-0.1, -0.05) is 22.9 Å². The number of alkyl halides is 1. The molecule has 17 heavy (non-hydrogen) atoms. The number of aryl methyl sites for hydroxylation is 3. The van der Waals surface area contributed by atoms with Crippen molar-refractivity contribution in [2.75, 3.05) is 5.33 Å². The molecule has 0 aromatic carbocycles. The highest BCUT2D eigenvalue weighted by atomic mass is 79.9. The molecular weight excluding hydrogens is 296 g/mol. The van der Waals surface area contributed by atoms with Crippen molar-refractivity contribution in [2.45, 2.75) is 26.7 Å². The Labute approximate surface area is 114 Å². The molecule has 0 N–H and O–H groups in total. The molecule has 2 rings (SSSR count). The Hall–Kier alpha value is -0.740. The van der Waals surface area contributed by atoms with Crippen LogP contribution in [0.4, 0.5) is 0 Å². The number of thiazole rings is 1. The van der Waals surface area contributed by atoms with Gasteiger partial charge in [0, 0.05) is 27.7 Å². The normalized spacial score (nSPS) is 10.8. The molecule has 0 aliphatic rings. The van der Waals surface area contributed by atoms with Crippen LogP contribution < -0.4 is 0 Å². The number of pyridine rings is 1. The summed E-state index contributed by atoms with van der Waals surface area (Å²) in [6.45, 7) is 4.20. The van der Waals surface area contributed by atoms with Gasteiger partial charge < -0.3 is 0 Å². The van der Waals surface area contributed by atoms with Crippen LogP contribution in [0.15, 0.2) is 18.3 Å². The SMILES string of the molecule is CCc1cc(-c2nc(C)c(CCBr)s2)ccn1. The summed E-state index contributed by atoms with van der Waals surface area (Å²) < 4.78 is 0. The second-order valence-electron chi connectivity index (χ2n) is 3.86. The van der Waals surface area contributed by atoms with Gasteiger partial charge in [0.15, 0.2) is 0 Å². The summed E-state index contributed by atoms with van der Waals surface area (Å²) in [6.07, 6.45) is 3.89. The van der Waals surface area contributed by atoms with Crippen molar-refractivity contribution in [2.24, 2.45) is 0 Å². The average molecular weight is 311 g/mol. The maximum absolute atomic E-state index is 4.64. The monoisotopic (exact) mass is 310 g/mol. The van der Waals surface area contributed by atoms with Crippen molar-refractivity contribution >= 4 is 27.3 Å². The van der Waals surface area contributed by atoms with E-state index in [4.69, 9.17) is 0 Å². The van der Waals surface area contributed by atoms with E-state index >= 15 is 0 Å². The standard InChI is InChI=1S/C13H15BrN2S/c1-3-11-8-10(5-7-15-11)13-16-9(2)12(17-13)4-6-14/h5,7-8H,3-4,6H2,1-2H3. The third-order valence-corrected chi connectivity index (χ3v) is 4.30. The van der Waals surface area contributed by atoms with Crippen molar-refractivity contribution in [3.05, 3.63) is 34.6 Å². The van der Waals surface area contributed by atoms with Gasteiger partial charge in [0.25, 0.3) is 0 Å². The zero-order valence-corrected chi connectivity index (χ0v) is 12.4. The van der Waals surface area contributed by atoms with Crippen LogP contribution in [-0.4, -0.2) is 15.3 Å². The fourth-order valence-corrected chi connectivity index (χ4v) is 3.39. The number of hydrogen-bond donors (Lipinski definition) is 0. The van der Waals surface area contributed by atoms with E-state index in [9.17, 15) is 0 Å². The minimum Gasteiger partial charge on any atom is -0.261 e. The zero-order chi connectivity index (χ0) is 12.3. The van der Waals surface area contributed by atoms with E-state index in [0.717, 1.165) is 34.6 Å². The highest BCUT2D eigenvalue weighted by Crippen LogP contribution is 2.28. The van der Waals surface area contributed by atoms with Crippen LogP contribution in [0.5, 0.6) is 0 Å². The molecule has 2 nitrogen and oxygen atoms in total. The molecule has 0 spiro atoms. The van der Waals surface area contributed by atoms with Crippen molar-refractivity contribution < 1.29 is 0 Å². The van der Waals surface area contributed by atoms with Gasteiger partial charge >= 0.3 is 0 Å². The summed E-state index contributed by atoms with van der Waals surface area (Å²) in [5, 5.41) is 2.10. The molecule has 0 atom stereocenters. The first kappa shape index (κ1) is 12.7. The summed E-state index contributed by atoms with van der Waals surface area (Å²) >= 11 is 5.26. The summed E-state index contributed by atoms with van der Waals surface area (Å²) in [5.74, 6) is 0. The van der Waals surface area contributed by atoms with Crippen molar-refractivity contribution in [1.29, 1.82) is 0 Å². The van der Waals surface area contributed by atoms with E-state index in [1.807, 2.05) is 12.3 Å². The first-order valence-electron chi connectivity index (χ1n) is 5.72. The van der Waals surface area contributed by atoms with Gasteiger partial charge in [0.2, 0.25) is 0 Å². The second kappa shape index (κ2) is 5.74. The van der Waals surface area contributed by atoms with Crippen LogP contribution in [0.25, 0.3) is 10.6 Å². The first-order valence-corrected chi connectivity index (χ1v) is 7.66. The summed E-state index contributed by atoms with van der Waals surface area (Å²) in [4.78, 5) is 10.3. The Morgan fingerprint density at radius 3 is 2.94 bits per heavy atom. The van der Waals surface area contributed by atoms with Gasteiger partial charge in [0.05, 0.1) is 5.69 Å². The van der Waals surface area contributed by atoms with Crippen molar-refractivity contribution in [1.82, 2.24) is 9.97 Å². The Morgan fingerprint density at radius 2 is 2.24 bits per heavy atom. The predicted molar refractivity (Wildman–Crippen MR) is 77.0 cm³/mol. The smallest absolute Gasteiger partial charge is 0.123 e. The van der Waals surface area contributed by atoms with Gasteiger partial charge in [-0.3, -0.25) is 4.98 Å². The molecule has 2 aromatic rings. The van der Waals surface area contributed by atoms with Gasteiger partial charge in [-0.2, -0.15) is 0 Å². The molecule has 0 bridgehead atoms. The molecule has 0 amide bonds. The molecule has 2 heterocycles. The molecule has 0 aliphatic carbocycles. The number of hydrogen-bond acceptors (Lipinski definition) is 3. The van der Waals surface area contributed by atoms with E-state index in [1.165, 1.54) is 10.4 Å². The molecular formula is C13H15BrN2S. The van der Waals surface area contributed by atoms with Gasteiger partial charge in [-0.15, -0.1) is 11.3 Å². The Kier molecular flexibility index (Phi) is 4.29. The second-order valence-corrected chi connectivity index (χ2v) is 5.73. The van der Waals surface area contributed by atoms with E-state index in [2.05, 4.69) is 45.8 Å². The quantitative estimate of drug-likeness (QED) is 0.797. The lowest BCUT2D eigenvalue weighted by atomic mass is 10.2. The Morgan fingerprint density at radius 1 is 1.41 bits per heavy atom. The van der Waals surface area contributed by atoms with Crippen LogP contribution in [0.2, 0.25) is 0 Å². The fourth-order valence-electron chi connectivity index (χ4n) is 1.67. The van der Waals surface area contributed by atoms with Crippen LogP contribution in [0, 0.1) is 6.92 Å². The summed E-state index contributed by atoms with van der Waals surface area (Å²) in [5.41, 5.74) is 3.46. The van der Waals surface area contributed by atoms with Crippen molar-refractivity contribution in [3.8, 4) is 10.6 Å². The van der Waals surface area contributed by atoms with Crippen LogP contribution in [0.3, 0.4) is 0 Å². The van der Waals surface area contributed by atoms with E-state index in [1.54, 1.807) is 11.3 Å². The molecule has 0 saturated heterocycles. The van der Waals surface area contributed by atoms with E-state index in [0.29, 0.717) is 0 Å². The topological polar surface area (TPSA) is 25.8 Å². The Balaban J connectivity index is 2.35.